The number of hydrogen-bond donors (Lipinski definition) is 1. The summed E-state index contributed by atoms with van der Waals surface area (Å²) in [6, 6.07) is 3.42. The molecular formula is C12H16ClN3O2. The second-order valence-corrected chi connectivity index (χ2v) is 4.82. The van der Waals surface area contributed by atoms with Gasteiger partial charge in [0.2, 0.25) is 0 Å². The van der Waals surface area contributed by atoms with Crippen LogP contribution in [-0.4, -0.2) is 36.1 Å². The molecule has 0 aliphatic carbocycles. The molecule has 1 unspecified atom stereocenters. The van der Waals surface area contributed by atoms with Crippen LogP contribution in [0.5, 0.6) is 0 Å². The van der Waals surface area contributed by atoms with E-state index >= 15 is 0 Å². The summed E-state index contributed by atoms with van der Waals surface area (Å²) < 4.78 is 4.75. The number of esters is 1. The van der Waals surface area contributed by atoms with Crippen LogP contribution in [-0.2, 0) is 16.1 Å². The molecule has 1 aliphatic heterocycles. The van der Waals surface area contributed by atoms with Crippen LogP contribution in [0.3, 0.4) is 0 Å². The predicted molar refractivity (Wildman–Crippen MR) is 69.1 cm³/mol. The van der Waals surface area contributed by atoms with Gasteiger partial charge in [-0.15, -0.1) is 0 Å². The number of nitrogens with zero attached hydrogens (tertiary/aromatic N) is 2. The van der Waals surface area contributed by atoms with E-state index in [1.54, 1.807) is 12.1 Å². The molecule has 0 aromatic carbocycles. The number of rotatable bonds is 3. The number of pyridine rings is 1. The van der Waals surface area contributed by atoms with Crippen molar-refractivity contribution in [1.82, 2.24) is 9.88 Å². The molecule has 98 valence electrons. The van der Waals surface area contributed by atoms with Gasteiger partial charge in [-0.25, -0.2) is 4.98 Å². The SMILES string of the molecule is COC(=O)C1CCN(Cc2nc(N)ccc2Cl)C1. The Morgan fingerprint density at radius 1 is 1.67 bits per heavy atom. The van der Waals surface area contributed by atoms with Crippen molar-refractivity contribution in [3.8, 4) is 0 Å². The number of nitrogens with two attached hydrogens (primary N) is 1. The van der Waals surface area contributed by atoms with E-state index in [-0.39, 0.29) is 11.9 Å². The molecule has 1 aliphatic rings. The van der Waals surface area contributed by atoms with Crippen LogP contribution >= 0.6 is 11.6 Å². The van der Waals surface area contributed by atoms with Gasteiger partial charge in [0.15, 0.2) is 0 Å². The van der Waals surface area contributed by atoms with Gasteiger partial charge < -0.3 is 10.5 Å². The number of ether oxygens (including phenoxy) is 1. The van der Waals surface area contributed by atoms with Crippen molar-refractivity contribution in [2.24, 2.45) is 5.92 Å². The third kappa shape index (κ3) is 2.91. The highest BCUT2D eigenvalue weighted by Gasteiger charge is 2.29. The van der Waals surface area contributed by atoms with Crippen LogP contribution in [0.1, 0.15) is 12.1 Å². The van der Waals surface area contributed by atoms with E-state index in [1.807, 2.05) is 0 Å². The fourth-order valence-electron chi connectivity index (χ4n) is 2.16. The Morgan fingerprint density at radius 3 is 3.17 bits per heavy atom. The molecule has 0 saturated carbocycles. The molecular weight excluding hydrogens is 254 g/mol. The Kier molecular flexibility index (Phi) is 4.04. The molecule has 18 heavy (non-hydrogen) atoms. The van der Waals surface area contributed by atoms with Crippen LogP contribution in [0.2, 0.25) is 5.02 Å². The Labute approximate surface area is 111 Å². The van der Waals surface area contributed by atoms with Crippen LogP contribution in [0.25, 0.3) is 0 Å². The predicted octanol–water partition coefficient (Wildman–Crippen LogP) is 1.31. The van der Waals surface area contributed by atoms with Gasteiger partial charge >= 0.3 is 5.97 Å². The van der Waals surface area contributed by atoms with Crippen molar-refractivity contribution in [2.45, 2.75) is 13.0 Å². The Bertz CT molecular complexity index is 453. The van der Waals surface area contributed by atoms with E-state index in [4.69, 9.17) is 22.1 Å². The van der Waals surface area contributed by atoms with Crippen molar-refractivity contribution in [3.63, 3.8) is 0 Å². The maximum absolute atomic E-state index is 11.4. The lowest BCUT2D eigenvalue weighted by Gasteiger charge is -2.15. The number of nitrogen functional groups attached to an aromatic ring is 1. The van der Waals surface area contributed by atoms with Crippen LogP contribution in [0, 0.1) is 5.92 Å². The highest BCUT2D eigenvalue weighted by molar-refractivity contribution is 6.31. The zero-order valence-electron chi connectivity index (χ0n) is 10.2. The fraction of sp³-hybridized carbons (Fsp3) is 0.500. The standard InChI is InChI=1S/C12H16ClN3O2/c1-18-12(17)8-4-5-16(6-8)7-10-9(13)2-3-11(14)15-10/h2-3,8H,4-7H2,1H3,(H2,14,15). The maximum Gasteiger partial charge on any atom is 0.310 e. The minimum Gasteiger partial charge on any atom is -0.469 e. The Balaban J connectivity index is 1.99. The first-order valence-corrected chi connectivity index (χ1v) is 6.19. The third-order valence-electron chi connectivity index (χ3n) is 3.12. The number of carbonyl (C=O) groups is 1. The number of anilines is 1. The molecule has 2 heterocycles. The highest BCUT2D eigenvalue weighted by atomic mass is 35.5. The molecule has 1 aromatic rings. The van der Waals surface area contributed by atoms with Crippen molar-refractivity contribution in [3.05, 3.63) is 22.8 Å². The molecule has 0 radical (unpaired) electrons. The number of methoxy groups -OCH3 is 1. The summed E-state index contributed by atoms with van der Waals surface area (Å²) in [6.07, 6.45) is 0.812. The smallest absolute Gasteiger partial charge is 0.310 e. The number of likely N-dealkylation sites (tertiary alicyclic amines) is 1. The lowest BCUT2D eigenvalue weighted by molar-refractivity contribution is -0.144. The first kappa shape index (κ1) is 13.1. The summed E-state index contributed by atoms with van der Waals surface area (Å²) in [5.74, 6) is 0.261. The molecule has 2 N–H and O–H groups in total. The molecule has 1 fully saturated rings. The van der Waals surface area contributed by atoms with Crippen LogP contribution < -0.4 is 5.73 Å². The number of hydrogen-bond acceptors (Lipinski definition) is 5. The zero-order valence-corrected chi connectivity index (χ0v) is 11.0. The quantitative estimate of drug-likeness (QED) is 0.838. The van der Waals surface area contributed by atoms with Gasteiger partial charge in [0.1, 0.15) is 5.82 Å². The van der Waals surface area contributed by atoms with E-state index in [9.17, 15) is 4.79 Å². The lowest BCUT2D eigenvalue weighted by Crippen LogP contribution is -2.24. The summed E-state index contributed by atoms with van der Waals surface area (Å²) >= 11 is 6.06. The van der Waals surface area contributed by atoms with Gasteiger partial charge in [0.05, 0.1) is 23.7 Å². The monoisotopic (exact) mass is 269 g/mol. The molecule has 2 rings (SSSR count). The fourth-order valence-corrected chi connectivity index (χ4v) is 2.32. The largest absolute Gasteiger partial charge is 0.469 e. The van der Waals surface area contributed by atoms with E-state index in [0.717, 1.165) is 18.7 Å². The van der Waals surface area contributed by atoms with E-state index < -0.39 is 0 Å². The average Bonchev–Trinajstić information content (AvgIpc) is 2.81. The van der Waals surface area contributed by atoms with Crippen molar-refractivity contribution < 1.29 is 9.53 Å². The van der Waals surface area contributed by atoms with Gasteiger partial charge in [0, 0.05) is 13.1 Å². The maximum atomic E-state index is 11.4. The van der Waals surface area contributed by atoms with Crippen molar-refractivity contribution >= 4 is 23.4 Å². The van der Waals surface area contributed by atoms with Crippen LogP contribution in [0.15, 0.2) is 12.1 Å². The number of aromatic nitrogens is 1. The lowest BCUT2D eigenvalue weighted by atomic mass is 10.1. The topological polar surface area (TPSA) is 68.5 Å². The molecule has 0 bridgehead atoms. The second kappa shape index (κ2) is 5.54. The zero-order chi connectivity index (χ0) is 13.1. The third-order valence-corrected chi connectivity index (χ3v) is 3.46. The Morgan fingerprint density at radius 2 is 2.44 bits per heavy atom. The summed E-state index contributed by atoms with van der Waals surface area (Å²) in [7, 11) is 1.42. The first-order chi connectivity index (χ1) is 8.60. The Hall–Kier alpha value is -1.33. The summed E-state index contributed by atoms with van der Waals surface area (Å²) in [4.78, 5) is 17.8. The van der Waals surface area contributed by atoms with Gasteiger partial charge in [-0.1, -0.05) is 11.6 Å². The minimum absolute atomic E-state index is 0.0464. The van der Waals surface area contributed by atoms with Crippen LogP contribution in [0.4, 0.5) is 5.82 Å². The first-order valence-electron chi connectivity index (χ1n) is 5.81. The average molecular weight is 270 g/mol. The number of halogens is 1. The molecule has 0 amide bonds. The van der Waals surface area contributed by atoms with Gasteiger partial charge in [-0.05, 0) is 25.1 Å². The van der Waals surface area contributed by atoms with Crippen molar-refractivity contribution in [1.29, 1.82) is 0 Å². The van der Waals surface area contributed by atoms with Gasteiger partial charge in [0.25, 0.3) is 0 Å². The molecule has 6 heteroatoms. The molecule has 5 nitrogen and oxygen atoms in total. The molecule has 1 aromatic heterocycles. The van der Waals surface area contributed by atoms with E-state index in [2.05, 4.69) is 9.88 Å². The number of carbonyl (C=O) groups excluding carboxylic acids is 1. The minimum atomic E-state index is -0.149. The second-order valence-electron chi connectivity index (χ2n) is 4.41. The van der Waals surface area contributed by atoms with E-state index in [1.165, 1.54) is 7.11 Å². The summed E-state index contributed by atoms with van der Waals surface area (Å²) in [5, 5.41) is 0.603. The van der Waals surface area contributed by atoms with Gasteiger partial charge in [-0.3, -0.25) is 9.69 Å². The van der Waals surface area contributed by atoms with E-state index in [0.29, 0.717) is 23.9 Å². The summed E-state index contributed by atoms with van der Waals surface area (Å²) in [5.41, 5.74) is 6.39. The molecule has 1 atom stereocenters. The molecule has 0 spiro atoms. The highest BCUT2D eigenvalue weighted by Crippen LogP contribution is 2.22. The summed E-state index contributed by atoms with van der Waals surface area (Å²) in [6.45, 7) is 2.13. The molecule has 1 saturated heterocycles. The normalized spacial score (nSPS) is 20.0. The van der Waals surface area contributed by atoms with Gasteiger partial charge in [-0.2, -0.15) is 0 Å². The van der Waals surface area contributed by atoms with Crippen molar-refractivity contribution in [2.75, 3.05) is 25.9 Å².